The highest BCUT2D eigenvalue weighted by Gasteiger charge is 2.37. The second kappa shape index (κ2) is 6.84. The van der Waals surface area contributed by atoms with Crippen LogP contribution in [0.4, 0.5) is 5.69 Å². The Labute approximate surface area is 136 Å². The zero-order valence-corrected chi connectivity index (χ0v) is 13.2. The van der Waals surface area contributed by atoms with Crippen LogP contribution >= 0.6 is 0 Å². The maximum absolute atomic E-state index is 12.7. The number of aliphatic hydroxyl groups is 1. The van der Waals surface area contributed by atoms with Crippen LogP contribution in [0.25, 0.3) is 0 Å². The summed E-state index contributed by atoms with van der Waals surface area (Å²) in [5, 5.41) is 12.4. The second-order valence-electron chi connectivity index (χ2n) is 5.90. The maximum atomic E-state index is 12.7. The molecular weight excluding hydrogens is 290 g/mol. The quantitative estimate of drug-likeness (QED) is 0.860. The van der Waals surface area contributed by atoms with Gasteiger partial charge in [0.25, 0.3) is 0 Å². The Balaban J connectivity index is 1.80. The Bertz CT molecular complexity index is 680. The molecule has 4 heteroatoms. The molecular formula is C19H21NO3. The summed E-state index contributed by atoms with van der Waals surface area (Å²) in [6, 6.07) is 15.2. The molecule has 0 bridgehead atoms. The van der Waals surface area contributed by atoms with E-state index in [-0.39, 0.29) is 18.4 Å². The molecule has 1 unspecified atom stereocenters. The van der Waals surface area contributed by atoms with E-state index in [2.05, 4.69) is 5.32 Å². The molecule has 3 rings (SSSR count). The molecule has 2 aromatic carbocycles. The summed E-state index contributed by atoms with van der Waals surface area (Å²) in [5.74, 6) is 0.934. The van der Waals surface area contributed by atoms with Crippen molar-refractivity contribution in [3.63, 3.8) is 0 Å². The van der Waals surface area contributed by atoms with Gasteiger partial charge < -0.3 is 15.2 Å². The third-order valence-electron chi connectivity index (χ3n) is 4.25. The predicted octanol–water partition coefficient (Wildman–Crippen LogP) is 3.32. The van der Waals surface area contributed by atoms with E-state index in [1.165, 1.54) is 0 Å². The number of nitrogens with one attached hydrogen (secondary N) is 1. The zero-order chi connectivity index (χ0) is 16.2. The molecule has 0 heterocycles. The van der Waals surface area contributed by atoms with Crippen molar-refractivity contribution in [3.8, 4) is 5.75 Å². The number of hydrogen-bond acceptors (Lipinski definition) is 3. The highest BCUT2D eigenvalue weighted by Crippen LogP contribution is 2.43. The first kappa shape index (κ1) is 15.6. The van der Waals surface area contributed by atoms with E-state index in [1.807, 2.05) is 30.3 Å². The molecule has 0 aliphatic heterocycles. The number of aliphatic hydroxyl groups excluding tert-OH is 1. The number of benzene rings is 2. The molecule has 4 nitrogen and oxygen atoms in total. The van der Waals surface area contributed by atoms with Crippen LogP contribution in [0.3, 0.4) is 0 Å². The van der Waals surface area contributed by atoms with Crippen LogP contribution in [0.2, 0.25) is 0 Å². The van der Waals surface area contributed by atoms with E-state index in [4.69, 9.17) is 4.74 Å². The largest absolute Gasteiger partial charge is 0.496 e. The van der Waals surface area contributed by atoms with Crippen molar-refractivity contribution in [1.82, 2.24) is 0 Å². The predicted molar refractivity (Wildman–Crippen MR) is 89.5 cm³/mol. The first-order valence-electron chi connectivity index (χ1n) is 7.86. The summed E-state index contributed by atoms with van der Waals surface area (Å²) >= 11 is 0. The smallest absolute Gasteiger partial charge is 0.232 e. The number of ether oxygens (including phenoxy) is 1. The van der Waals surface area contributed by atoms with Crippen LogP contribution in [0.5, 0.6) is 5.75 Å². The third-order valence-corrected chi connectivity index (χ3v) is 4.25. The number of amides is 1. The molecule has 1 atom stereocenters. The molecule has 1 amide bonds. The number of carbonyl (C=O) groups excluding carboxylic acids is 1. The van der Waals surface area contributed by atoms with Crippen molar-refractivity contribution in [2.75, 3.05) is 12.4 Å². The van der Waals surface area contributed by atoms with Gasteiger partial charge in [0.05, 0.1) is 19.6 Å². The highest BCUT2D eigenvalue weighted by atomic mass is 16.5. The number of hydrogen-bond donors (Lipinski definition) is 2. The van der Waals surface area contributed by atoms with Crippen molar-refractivity contribution in [2.24, 2.45) is 5.92 Å². The lowest BCUT2D eigenvalue weighted by molar-refractivity contribution is -0.118. The van der Waals surface area contributed by atoms with E-state index in [1.54, 1.807) is 25.3 Å². The van der Waals surface area contributed by atoms with Gasteiger partial charge in [0, 0.05) is 11.3 Å². The lowest BCUT2D eigenvalue weighted by Gasteiger charge is -2.17. The van der Waals surface area contributed by atoms with Crippen LogP contribution in [0.15, 0.2) is 48.5 Å². The molecule has 2 aromatic rings. The fourth-order valence-corrected chi connectivity index (χ4v) is 2.93. The molecule has 1 aliphatic rings. The van der Waals surface area contributed by atoms with E-state index < -0.39 is 0 Å². The standard InChI is InChI=1S/C19H21NO3/c1-23-17-10-9-16(11-15(17)12-21)20-19(22)18(14-7-8-14)13-5-3-2-4-6-13/h2-6,9-11,14,18,21H,7-8,12H2,1H3,(H,20,22). The normalized spacial score (nSPS) is 15.0. The van der Waals surface area contributed by atoms with Crippen LogP contribution < -0.4 is 10.1 Å². The molecule has 23 heavy (non-hydrogen) atoms. The Morgan fingerprint density at radius 2 is 2.00 bits per heavy atom. The molecule has 0 spiro atoms. The van der Waals surface area contributed by atoms with E-state index in [0.29, 0.717) is 22.9 Å². The van der Waals surface area contributed by atoms with Crippen molar-refractivity contribution in [3.05, 3.63) is 59.7 Å². The summed E-state index contributed by atoms with van der Waals surface area (Å²) in [4.78, 5) is 12.7. The summed E-state index contributed by atoms with van der Waals surface area (Å²) in [6.07, 6.45) is 2.19. The van der Waals surface area contributed by atoms with Gasteiger partial charge in [-0.3, -0.25) is 4.79 Å². The molecule has 1 fully saturated rings. The maximum Gasteiger partial charge on any atom is 0.232 e. The number of carbonyl (C=O) groups is 1. The average Bonchev–Trinajstić information content (AvgIpc) is 3.40. The average molecular weight is 311 g/mol. The van der Waals surface area contributed by atoms with Gasteiger partial charge in [-0.05, 0) is 42.5 Å². The van der Waals surface area contributed by atoms with Gasteiger partial charge >= 0.3 is 0 Å². The van der Waals surface area contributed by atoms with Gasteiger partial charge in [0.1, 0.15) is 5.75 Å². The molecule has 1 aliphatic carbocycles. The summed E-state index contributed by atoms with van der Waals surface area (Å²) in [6.45, 7) is -0.127. The van der Waals surface area contributed by atoms with Gasteiger partial charge in [0.15, 0.2) is 0 Å². The third kappa shape index (κ3) is 3.54. The number of methoxy groups -OCH3 is 1. The first-order valence-corrected chi connectivity index (χ1v) is 7.86. The Kier molecular flexibility index (Phi) is 4.63. The zero-order valence-electron chi connectivity index (χ0n) is 13.2. The van der Waals surface area contributed by atoms with Gasteiger partial charge in [0.2, 0.25) is 5.91 Å². The van der Waals surface area contributed by atoms with Crippen LogP contribution in [0, 0.1) is 5.92 Å². The van der Waals surface area contributed by atoms with Crippen molar-refractivity contribution >= 4 is 11.6 Å². The van der Waals surface area contributed by atoms with Crippen molar-refractivity contribution in [1.29, 1.82) is 0 Å². The minimum Gasteiger partial charge on any atom is -0.496 e. The fourth-order valence-electron chi connectivity index (χ4n) is 2.93. The highest BCUT2D eigenvalue weighted by molar-refractivity contribution is 5.96. The monoisotopic (exact) mass is 311 g/mol. The van der Waals surface area contributed by atoms with E-state index in [0.717, 1.165) is 18.4 Å². The molecule has 2 N–H and O–H groups in total. The van der Waals surface area contributed by atoms with Gasteiger partial charge in [-0.1, -0.05) is 30.3 Å². The second-order valence-corrected chi connectivity index (χ2v) is 5.90. The van der Waals surface area contributed by atoms with E-state index in [9.17, 15) is 9.90 Å². The molecule has 120 valence electrons. The van der Waals surface area contributed by atoms with Crippen molar-refractivity contribution < 1.29 is 14.6 Å². The van der Waals surface area contributed by atoms with Gasteiger partial charge in [-0.15, -0.1) is 0 Å². The molecule has 0 saturated heterocycles. The topological polar surface area (TPSA) is 58.6 Å². The fraction of sp³-hybridized carbons (Fsp3) is 0.316. The number of anilines is 1. The van der Waals surface area contributed by atoms with Gasteiger partial charge in [-0.25, -0.2) is 0 Å². The van der Waals surface area contributed by atoms with E-state index >= 15 is 0 Å². The van der Waals surface area contributed by atoms with Crippen LogP contribution in [-0.4, -0.2) is 18.1 Å². The number of rotatable bonds is 6. The van der Waals surface area contributed by atoms with Crippen LogP contribution in [-0.2, 0) is 11.4 Å². The Morgan fingerprint density at radius 1 is 1.26 bits per heavy atom. The SMILES string of the molecule is COc1ccc(NC(=O)C(c2ccccc2)C2CC2)cc1CO. The van der Waals surface area contributed by atoms with Crippen molar-refractivity contribution in [2.45, 2.75) is 25.4 Å². The molecule has 0 radical (unpaired) electrons. The lowest BCUT2D eigenvalue weighted by Crippen LogP contribution is -2.22. The lowest BCUT2D eigenvalue weighted by atomic mass is 9.93. The Hall–Kier alpha value is -2.33. The minimum absolute atomic E-state index is 0.00718. The minimum atomic E-state index is -0.127. The molecule has 1 saturated carbocycles. The summed E-state index contributed by atoms with van der Waals surface area (Å²) in [7, 11) is 1.56. The van der Waals surface area contributed by atoms with Gasteiger partial charge in [-0.2, -0.15) is 0 Å². The Morgan fingerprint density at radius 3 is 2.61 bits per heavy atom. The molecule has 0 aromatic heterocycles. The summed E-state index contributed by atoms with van der Waals surface area (Å²) < 4.78 is 5.19. The summed E-state index contributed by atoms with van der Waals surface area (Å²) in [5.41, 5.74) is 2.40. The first-order chi connectivity index (χ1) is 11.2. The van der Waals surface area contributed by atoms with Crippen LogP contribution in [0.1, 0.15) is 29.9 Å².